The molecule has 1 radical (unpaired) electrons. The van der Waals surface area contributed by atoms with Crippen LogP contribution in [0.4, 0.5) is 10.5 Å². The number of nitrogens with one attached hydrogen (secondary N) is 2. The van der Waals surface area contributed by atoms with Crippen LogP contribution in [0.1, 0.15) is 12.8 Å². The normalized spacial score (nSPS) is 15.3. The van der Waals surface area contributed by atoms with Gasteiger partial charge in [0, 0.05) is 39.6 Å². The molecule has 3 amide bonds. The summed E-state index contributed by atoms with van der Waals surface area (Å²) in [5, 5.41) is 5.66. The van der Waals surface area contributed by atoms with Gasteiger partial charge in [0.1, 0.15) is 0 Å². The SMILES string of the molecule is O=CN1CCC(NC(=O)Nc2c[c-]ccc2)CC1.[Re]. The number of rotatable bonds is 3. The van der Waals surface area contributed by atoms with Crippen LogP contribution in [0.25, 0.3) is 0 Å². The van der Waals surface area contributed by atoms with Gasteiger partial charge in [-0.3, -0.25) is 4.79 Å². The first-order chi connectivity index (χ1) is 8.78. The Morgan fingerprint density at radius 3 is 2.74 bits per heavy atom. The van der Waals surface area contributed by atoms with Crippen molar-refractivity contribution in [1.82, 2.24) is 10.2 Å². The first kappa shape index (κ1) is 15.7. The van der Waals surface area contributed by atoms with Crippen molar-refractivity contribution >= 4 is 18.1 Å². The summed E-state index contributed by atoms with van der Waals surface area (Å²) in [5.41, 5.74) is 0.723. The molecule has 1 aliphatic rings. The van der Waals surface area contributed by atoms with Crippen LogP contribution >= 0.6 is 0 Å². The number of hydrogen-bond donors (Lipinski definition) is 2. The van der Waals surface area contributed by atoms with Crippen molar-refractivity contribution in [3.05, 3.63) is 30.3 Å². The van der Waals surface area contributed by atoms with Gasteiger partial charge < -0.3 is 15.5 Å². The molecule has 0 spiro atoms. The molecular formula is C13H16N3O2Re-. The first-order valence-electron chi connectivity index (χ1n) is 6.01. The maximum Gasteiger partial charge on any atom is 0.308 e. The molecule has 0 aromatic heterocycles. The van der Waals surface area contributed by atoms with Crippen molar-refractivity contribution in [3.63, 3.8) is 0 Å². The number of amides is 3. The molecule has 1 aromatic rings. The number of benzene rings is 1. The Morgan fingerprint density at radius 1 is 1.42 bits per heavy atom. The Balaban J connectivity index is 0.00000180. The van der Waals surface area contributed by atoms with E-state index in [-0.39, 0.29) is 32.5 Å². The number of carbonyl (C=O) groups excluding carboxylic acids is 2. The number of carbonyl (C=O) groups is 2. The molecule has 6 heteroatoms. The maximum atomic E-state index is 11.7. The standard InChI is InChI=1S/C13H16N3O2.Re/c17-10-16-8-6-12(7-9-16)15-13(18)14-11-4-2-1-3-5-11;/h1-2,4-5,10,12H,6-9H2,(H2,14,15,18);/q-1;. The molecule has 2 rings (SSSR count). The van der Waals surface area contributed by atoms with E-state index in [1.165, 1.54) is 0 Å². The van der Waals surface area contributed by atoms with Crippen molar-refractivity contribution in [1.29, 1.82) is 0 Å². The number of hydrogen-bond acceptors (Lipinski definition) is 2. The minimum Gasteiger partial charge on any atom is -0.361 e. The van der Waals surface area contributed by atoms with Crippen LogP contribution in [0.15, 0.2) is 24.3 Å². The molecular weight excluding hydrogens is 416 g/mol. The molecule has 1 fully saturated rings. The molecule has 19 heavy (non-hydrogen) atoms. The minimum absolute atomic E-state index is 0. The second-order valence-electron chi connectivity index (χ2n) is 4.31. The van der Waals surface area contributed by atoms with Crippen molar-refractivity contribution in [2.45, 2.75) is 18.9 Å². The quantitative estimate of drug-likeness (QED) is 0.558. The van der Waals surface area contributed by atoms with Crippen molar-refractivity contribution < 1.29 is 30.0 Å². The number of piperidine rings is 1. The van der Waals surface area contributed by atoms with Gasteiger partial charge in [-0.1, -0.05) is 5.69 Å². The molecule has 0 aliphatic carbocycles. The summed E-state index contributed by atoms with van der Waals surface area (Å²) in [6.07, 6.45) is 2.45. The van der Waals surface area contributed by atoms with Crippen LogP contribution in [0.2, 0.25) is 0 Å². The Kier molecular flexibility index (Phi) is 6.54. The average molecular weight is 432 g/mol. The van der Waals surface area contributed by atoms with E-state index >= 15 is 0 Å². The monoisotopic (exact) mass is 433 g/mol. The van der Waals surface area contributed by atoms with E-state index in [2.05, 4.69) is 16.7 Å². The van der Waals surface area contributed by atoms with Crippen molar-refractivity contribution in [3.8, 4) is 0 Å². The van der Waals surface area contributed by atoms with Crippen LogP contribution in [-0.4, -0.2) is 36.5 Å². The van der Waals surface area contributed by atoms with Crippen LogP contribution in [0.3, 0.4) is 0 Å². The summed E-state index contributed by atoms with van der Waals surface area (Å²) in [6.45, 7) is 1.40. The van der Waals surface area contributed by atoms with Crippen molar-refractivity contribution in [2.75, 3.05) is 18.4 Å². The largest absolute Gasteiger partial charge is 0.361 e. The summed E-state index contributed by atoms with van der Waals surface area (Å²) in [7, 11) is 0. The molecule has 1 heterocycles. The molecule has 103 valence electrons. The second-order valence-corrected chi connectivity index (χ2v) is 4.31. The van der Waals surface area contributed by atoms with Crippen LogP contribution in [-0.2, 0) is 25.2 Å². The van der Waals surface area contributed by atoms with Crippen LogP contribution < -0.4 is 10.6 Å². The van der Waals surface area contributed by atoms with Gasteiger partial charge in [0.2, 0.25) is 6.41 Å². The van der Waals surface area contributed by atoms with Gasteiger partial charge in [-0.05, 0) is 12.8 Å². The predicted molar refractivity (Wildman–Crippen MR) is 68.1 cm³/mol. The molecule has 1 aliphatic heterocycles. The van der Waals surface area contributed by atoms with Crippen LogP contribution in [0.5, 0.6) is 0 Å². The molecule has 0 saturated carbocycles. The summed E-state index contributed by atoms with van der Waals surface area (Å²) in [4.78, 5) is 24.0. The van der Waals surface area contributed by atoms with Gasteiger partial charge in [0.05, 0.1) is 0 Å². The third-order valence-electron chi connectivity index (χ3n) is 2.98. The van der Waals surface area contributed by atoms with E-state index in [0.717, 1.165) is 24.9 Å². The Labute approximate surface area is 126 Å². The van der Waals surface area contributed by atoms with Gasteiger partial charge in [0.15, 0.2) is 0 Å². The molecule has 0 unspecified atom stereocenters. The number of urea groups is 1. The van der Waals surface area contributed by atoms with E-state index in [4.69, 9.17) is 0 Å². The number of nitrogens with zero attached hydrogens (tertiary/aromatic N) is 1. The molecule has 5 nitrogen and oxygen atoms in total. The fourth-order valence-corrected chi connectivity index (χ4v) is 1.97. The molecule has 1 saturated heterocycles. The number of likely N-dealkylation sites (tertiary alicyclic amines) is 1. The smallest absolute Gasteiger partial charge is 0.308 e. The van der Waals surface area contributed by atoms with Gasteiger partial charge in [-0.15, -0.1) is 6.07 Å². The van der Waals surface area contributed by atoms with E-state index in [9.17, 15) is 9.59 Å². The van der Waals surface area contributed by atoms with Gasteiger partial charge >= 0.3 is 6.03 Å². The Hall–Kier alpha value is -1.38. The molecule has 1 aromatic carbocycles. The zero-order valence-electron chi connectivity index (χ0n) is 10.4. The van der Waals surface area contributed by atoms with Crippen molar-refractivity contribution in [2.24, 2.45) is 0 Å². The maximum absolute atomic E-state index is 11.7. The van der Waals surface area contributed by atoms with E-state index in [0.29, 0.717) is 13.1 Å². The van der Waals surface area contributed by atoms with E-state index in [1.54, 1.807) is 17.0 Å². The number of anilines is 1. The van der Waals surface area contributed by atoms with Gasteiger partial charge in [-0.25, -0.2) is 4.79 Å². The van der Waals surface area contributed by atoms with Crippen LogP contribution in [0, 0.1) is 6.07 Å². The fraction of sp³-hybridized carbons (Fsp3) is 0.385. The third-order valence-corrected chi connectivity index (χ3v) is 2.98. The zero-order chi connectivity index (χ0) is 12.8. The first-order valence-corrected chi connectivity index (χ1v) is 6.01. The van der Waals surface area contributed by atoms with E-state index in [1.807, 2.05) is 12.1 Å². The topological polar surface area (TPSA) is 61.4 Å². The van der Waals surface area contributed by atoms with Gasteiger partial charge in [-0.2, -0.15) is 24.3 Å². The summed E-state index contributed by atoms with van der Waals surface area (Å²) in [5.74, 6) is 0. The fourth-order valence-electron chi connectivity index (χ4n) is 1.97. The summed E-state index contributed by atoms with van der Waals surface area (Å²) < 4.78 is 0. The summed E-state index contributed by atoms with van der Waals surface area (Å²) in [6, 6.07) is 9.94. The minimum atomic E-state index is -0.209. The van der Waals surface area contributed by atoms with Gasteiger partial charge in [0.25, 0.3) is 0 Å². The zero-order valence-corrected chi connectivity index (χ0v) is 13.2. The second kappa shape index (κ2) is 7.93. The third kappa shape index (κ3) is 5.01. The predicted octanol–water partition coefficient (Wildman–Crippen LogP) is 1.23. The summed E-state index contributed by atoms with van der Waals surface area (Å²) >= 11 is 0. The molecule has 2 N–H and O–H groups in total. The Bertz CT molecular complexity index is 406. The molecule has 0 atom stereocenters. The Morgan fingerprint density at radius 2 is 2.16 bits per heavy atom. The average Bonchev–Trinajstić information content (AvgIpc) is 2.40. The van der Waals surface area contributed by atoms with E-state index < -0.39 is 0 Å². The molecule has 0 bridgehead atoms.